The Hall–Kier alpha value is -2.69. The molecule has 0 fully saturated rings. The molecule has 0 radical (unpaired) electrons. The van der Waals surface area contributed by atoms with Crippen molar-refractivity contribution in [1.29, 1.82) is 0 Å². The van der Waals surface area contributed by atoms with Crippen LogP contribution in [0.4, 0.5) is 5.69 Å². The van der Waals surface area contributed by atoms with Gasteiger partial charge in [0.1, 0.15) is 0 Å². The van der Waals surface area contributed by atoms with Crippen molar-refractivity contribution >= 4 is 5.69 Å². The number of nitrogens with one attached hydrogen (secondary N) is 1. The molecule has 0 amide bonds. The Balaban J connectivity index is 1.74. The summed E-state index contributed by atoms with van der Waals surface area (Å²) in [4.78, 5) is 8.56. The van der Waals surface area contributed by atoms with Gasteiger partial charge in [-0.1, -0.05) is 30.3 Å². The van der Waals surface area contributed by atoms with Gasteiger partial charge in [0.25, 0.3) is 0 Å². The summed E-state index contributed by atoms with van der Waals surface area (Å²) < 4.78 is 5.30. The minimum atomic E-state index is 0.504. The Morgan fingerprint density at radius 1 is 1.14 bits per heavy atom. The number of hydrogen-bond acceptors (Lipinski definition) is 5. The SMILES string of the molecule is CCc1cnccc1-c1noc(CNc2ccccc2)n1. The van der Waals surface area contributed by atoms with E-state index < -0.39 is 0 Å². The molecule has 2 aromatic heterocycles. The van der Waals surface area contributed by atoms with Crippen LogP contribution in [-0.2, 0) is 13.0 Å². The number of hydrogen-bond donors (Lipinski definition) is 1. The predicted molar refractivity (Wildman–Crippen MR) is 80.7 cm³/mol. The van der Waals surface area contributed by atoms with Crippen molar-refractivity contribution in [3.8, 4) is 11.4 Å². The summed E-state index contributed by atoms with van der Waals surface area (Å²) >= 11 is 0. The molecule has 0 saturated carbocycles. The smallest absolute Gasteiger partial charge is 0.246 e. The molecule has 0 atom stereocenters. The lowest BCUT2D eigenvalue weighted by molar-refractivity contribution is 0.384. The van der Waals surface area contributed by atoms with Gasteiger partial charge in [0.05, 0.1) is 6.54 Å². The molecule has 3 aromatic rings. The fraction of sp³-hybridized carbons (Fsp3) is 0.188. The van der Waals surface area contributed by atoms with E-state index in [9.17, 15) is 0 Å². The van der Waals surface area contributed by atoms with E-state index in [1.807, 2.05) is 42.6 Å². The number of anilines is 1. The zero-order valence-corrected chi connectivity index (χ0v) is 11.8. The average Bonchev–Trinajstić information content (AvgIpc) is 3.02. The summed E-state index contributed by atoms with van der Waals surface area (Å²) in [6.45, 7) is 2.59. The van der Waals surface area contributed by atoms with Crippen molar-refractivity contribution < 1.29 is 4.52 Å². The van der Waals surface area contributed by atoms with Crippen LogP contribution < -0.4 is 5.32 Å². The highest BCUT2D eigenvalue weighted by molar-refractivity contribution is 5.58. The first kappa shape index (κ1) is 13.3. The van der Waals surface area contributed by atoms with Crippen LogP contribution in [0.5, 0.6) is 0 Å². The second-order valence-corrected chi connectivity index (χ2v) is 4.62. The van der Waals surface area contributed by atoms with Gasteiger partial charge in [0, 0.05) is 23.6 Å². The standard InChI is InChI=1S/C16H16N4O/c1-2-12-10-17-9-8-14(12)16-19-15(21-20-16)11-18-13-6-4-3-5-7-13/h3-10,18H,2,11H2,1H3. The van der Waals surface area contributed by atoms with Crippen molar-refractivity contribution in [1.82, 2.24) is 15.1 Å². The summed E-state index contributed by atoms with van der Waals surface area (Å²) in [6.07, 6.45) is 4.47. The van der Waals surface area contributed by atoms with Gasteiger partial charge in [-0.2, -0.15) is 4.98 Å². The summed E-state index contributed by atoms with van der Waals surface area (Å²) in [6, 6.07) is 11.8. The van der Waals surface area contributed by atoms with E-state index in [0.29, 0.717) is 18.3 Å². The van der Waals surface area contributed by atoms with Crippen LogP contribution in [0.1, 0.15) is 18.4 Å². The second kappa shape index (κ2) is 6.17. The van der Waals surface area contributed by atoms with Gasteiger partial charge in [0.15, 0.2) is 0 Å². The molecule has 0 spiro atoms. The first-order chi connectivity index (χ1) is 10.4. The third-order valence-electron chi connectivity index (χ3n) is 3.21. The Morgan fingerprint density at radius 3 is 2.81 bits per heavy atom. The summed E-state index contributed by atoms with van der Waals surface area (Å²) in [5.41, 5.74) is 3.11. The molecule has 0 aliphatic heterocycles. The number of para-hydroxylation sites is 1. The number of rotatable bonds is 5. The van der Waals surface area contributed by atoms with Gasteiger partial charge in [-0.15, -0.1) is 0 Å². The molecule has 5 heteroatoms. The lowest BCUT2D eigenvalue weighted by Gasteiger charge is -2.02. The molecule has 5 nitrogen and oxygen atoms in total. The van der Waals surface area contributed by atoms with Crippen LogP contribution in [0.25, 0.3) is 11.4 Å². The third kappa shape index (κ3) is 3.08. The van der Waals surface area contributed by atoms with Gasteiger partial charge in [-0.3, -0.25) is 4.98 Å². The quantitative estimate of drug-likeness (QED) is 0.776. The highest BCUT2D eigenvalue weighted by atomic mass is 16.5. The van der Waals surface area contributed by atoms with E-state index in [4.69, 9.17) is 4.52 Å². The minimum Gasteiger partial charge on any atom is -0.376 e. The average molecular weight is 280 g/mol. The Bertz CT molecular complexity index is 709. The van der Waals surface area contributed by atoms with Gasteiger partial charge >= 0.3 is 0 Å². The first-order valence-electron chi connectivity index (χ1n) is 6.91. The number of aromatic nitrogens is 3. The molecule has 0 saturated heterocycles. The number of aryl methyl sites for hydroxylation is 1. The van der Waals surface area contributed by atoms with Crippen molar-refractivity contribution in [2.45, 2.75) is 19.9 Å². The van der Waals surface area contributed by atoms with Crippen LogP contribution in [0, 0.1) is 0 Å². The number of pyridine rings is 1. The Morgan fingerprint density at radius 2 is 2.00 bits per heavy atom. The number of nitrogens with zero attached hydrogens (tertiary/aromatic N) is 3. The molecule has 106 valence electrons. The maximum Gasteiger partial charge on any atom is 0.246 e. The van der Waals surface area contributed by atoms with E-state index in [0.717, 1.165) is 23.2 Å². The van der Waals surface area contributed by atoms with Gasteiger partial charge < -0.3 is 9.84 Å². The molecule has 0 aliphatic rings. The van der Waals surface area contributed by atoms with E-state index in [1.54, 1.807) is 6.20 Å². The molecule has 1 N–H and O–H groups in total. The molecule has 21 heavy (non-hydrogen) atoms. The highest BCUT2D eigenvalue weighted by Gasteiger charge is 2.11. The number of benzene rings is 1. The van der Waals surface area contributed by atoms with Crippen molar-refractivity contribution in [2.75, 3.05) is 5.32 Å². The highest BCUT2D eigenvalue weighted by Crippen LogP contribution is 2.20. The molecule has 3 rings (SSSR count). The molecular formula is C16H16N4O. The van der Waals surface area contributed by atoms with Crippen molar-refractivity contribution in [3.63, 3.8) is 0 Å². The molecule has 2 heterocycles. The molecule has 0 aliphatic carbocycles. The van der Waals surface area contributed by atoms with Gasteiger partial charge in [-0.25, -0.2) is 0 Å². The van der Waals surface area contributed by atoms with E-state index >= 15 is 0 Å². The van der Waals surface area contributed by atoms with Crippen molar-refractivity contribution in [3.05, 3.63) is 60.2 Å². The summed E-state index contributed by atoms with van der Waals surface area (Å²) in [7, 11) is 0. The second-order valence-electron chi connectivity index (χ2n) is 4.62. The van der Waals surface area contributed by atoms with Crippen LogP contribution in [-0.4, -0.2) is 15.1 Å². The first-order valence-corrected chi connectivity index (χ1v) is 6.91. The monoisotopic (exact) mass is 280 g/mol. The lowest BCUT2D eigenvalue weighted by atomic mass is 10.1. The van der Waals surface area contributed by atoms with Crippen LogP contribution >= 0.6 is 0 Å². The van der Waals surface area contributed by atoms with Crippen LogP contribution in [0.3, 0.4) is 0 Å². The molecule has 1 aromatic carbocycles. The lowest BCUT2D eigenvalue weighted by Crippen LogP contribution is -1.99. The van der Waals surface area contributed by atoms with E-state index in [-0.39, 0.29) is 0 Å². The minimum absolute atomic E-state index is 0.504. The maximum absolute atomic E-state index is 5.30. The van der Waals surface area contributed by atoms with Crippen LogP contribution in [0.15, 0.2) is 53.3 Å². The Kier molecular flexibility index (Phi) is 3.91. The zero-order chi connectivity index (χ0) is 14.5. The fourth-order valence-electron chi connectivity index (χ4n) is 2.10. The van der Waals surface area contributed by atoms with Crippen molar-refractivity contribution in [2.24, 2.45) is 0 Å². The van der Waals surface area contributed by atoms with Gasteiger partial charge in [-0.05, 0) is 30.2 Å². The van der Waals surface area contributed by atoms with E-state index in [1.165, 1.54) is 0 Å². The van der Waals surface area contributed by atoms with E-state index in [2.05, 4.69) is 27.4 Å². The Labute approximate surface area is 123 Å². The molecule has 0 unspecified atom stereocenters. The molecule has 0 bridgehead atoms. The zero-order valence-electron chi connectivity index (χ0n) is 11.8. The normalized spacial score (nSPS) is 10.5. The topological polar surface area (TPSA) is 63.8 Å². The summed E-state index contributed by atoms with van der Waals surface area (Å²) in [5, 5.41) is 7.30. The maximum atomic E-state index is 5.30. The van der Waals surface area contributed by atoms with Crippen LogP contribution in [0.2, 0.25) is 0 Å². The largest absolute Gasteiger partial charge is 0.376 e. The molecular weight excluding hydrogens is 264 g/mol. The predicted octanol–water partition coefficient (Wildman–Crippen LogP) is 3.31. The summed E-state index contributed by atoms with van der Waals surface area (Å²) in [5.74, 6) is 1.17. The fourth-order valence-corrected chi connectivity index (χ4v) is 2.10. The van der Waals surface area contributed by atoms with Gasteiger partial charge in [0.2, 0.25) is 11.7 Å². The third-order valence-corrected chi connectivity index (χ3v) is 3.21.